The average molecular weight is 386 g/mol. The molecule has 2 saturated carbocycles. The Labute approximate surface area is 163 Å². The number of hydrogen-bond acceptors (Lipinski definition) is 6. The number of ether oxygens (including phenoxy) is 1. The summed E-state index contributed by atoms with van der Waals surface area (Å²) in [6.45, 7) is 6.52. The summed E-state index contributed by atoms with van der Waals surface area (Å²) in [6, 6.07) is 1.10. The maximum atomic E-state index is 10.4. The van der Waals surface area contributed by atoms with Gasteiger partial charge in [0.1, 0.15) is 24.4 Å². The van der Waals surface area contributed by atoms with E-state index in [1.54, 1.807) is 0 Å². The molecule has 6 nitrogen and oxygen atoms in total. The lowest BCUT2D eigenvalue weighted by Gasteiger charge is -2.42. The second-order valence-electron chi connectivity index (χ2n) is 10.0. The third-order valence-corrected chi connectivity index (χ3v) is 7.44. The molecule has 0 aromatic rings. The zero-order valence-corrected chi connectivity index (χ0v) is 17.1. The van der Waals surface area contributed by atoms with E-state index in [0.717, 1.165) is 18.8 Å². The summed E-state index contributed by atoms with van der Waals surface area (Å²) in [4.78, 5) is 0. The topological polar surface area (TPSA) is 102 Å². The van der Waals surface area contributed by atoms with Crippen molar-refractivity contribution in [3.63, 3.8) is 0 Å². The van der Waals surface area contributed by atoms with Crippen LogP contribution in [0.5, 0.6) is 0 Å². The summed E-state index contributed by atoms with van der Waals surface area (Å²) < 4.78 is 5.75. The first-order valence-corrected chi connectivity index (χ1v) is 10.8. The van der Waals surface area contributed by atoms with Crippen LogP contribution in [0.4, 0.5) is 0 Å². The van der Waals surface area contributed by atoms with Gasteiger partial charge in [-0.3, -0.25) is 0 Å². The van der Waals surface area contributed by atoms with Gasteiger partial charge in [0.15, 0.2) is 0 Å². The van der Waals surface area contributed by atoms with E-state index in [4.69, 9.17) is 4.74 Å². The molecular formula is C21H39NO5. The first-order valence-electron chi connectivity index (χ1n) is 10.8. The molecule has 0 spiro atoms. The minimum Gasteiger partial charge on any atom is -0.394 e. The van der Waals surface area contributed by atoms with Crippen LogP contribution in [-0.2, 0) is 4.74 Å². The van der Waals surface area contributed by atoms with Gasteiger partial charge in [0, 0.05) is 12.1 Å². The Bertz CT molecular complexity index is 477. The van der Waals surface area contributed by atoms with Gasteiger partial charge in [-0.15, -0.1) is 0 Å². The quantitative estimate of drug-likeness (QED) is 0.487. The van der Waals surface area contributed by atoms with Crippen LogP contribution in [0.2, 0.25) is 0 Å². The summed E-state index contributed by atoms with van der Waals surface area (Å²) in [5.74, 6) is 1.21. The first kappa shape index (κ1) is 21.5. The van der Waals surface area contributed by atoms with Crippen LogP contribution in [0.3, 0.4) is 0 Å². The molecule has 1 saturated heterocycles. The Kier molecular flexibility index (Phi) is 6.87. The lowest BCUT2D eigenvalue weighted by molar-refractivity contribution is -0.233. The minimum atomic E-state index is -1.27. The lowest BCUT2D eigenvalue weighted by atomic mass is 9.77. The molecule has 1 heterocycles. The predicted octanol–water partition coefficient (Wildman–Crippen LogP) is 1.19. The normalized spacial score (nSPS) is 47.9. The molecule has 5 N–H and O–H groups in total. The SMILES string of the molecule is CC1CCC(NC2CC(CC3O[C@H](CO)[C@H](O)[C@H](O)[C@H]3O)C(C)(C)C2)CC1. The van der Waals surface area contributed by atoms with Gasteiger partial charge < -0.3 is 30.5 Å². The molecule has 27 heavy (non-hydrogen) atoms. The zero-order valence-electron chi connectivity index (χ0n) is 17.1. The lowest BCUT2D eigenvalue weighted by Crippen LogP contribution is -2.58. The van der Waals surface area contributed by atoms with Crippen LogP contribution < -0.4 is 5.32 Å². The van der Waals surface area contributed by atoms with Gasteiger partial charge in [-0.25, -0.2) is 0 Å². The number of aliphatic hydroxyl groups is 4. The van der Waals surface area contributed by atoms with Gasteiger partial charge in [-0.05, 0) is 62.2 Å². The van der Waals surface area contributed by atoms with Crippen molar-refractivity contribution in [2.24, 2.45) is 17.3 Å². The van der Waals surface area contributed by atoms with E-state index < -0.39 is 30.5 Å². The van der Waals surface area contributed by atoms with Crippen molar-refractivity contribution in [2.75, 3.05) is 6.61 Å². The largest absolute Gasteiger partial charge is 0.394 e. The third-order valence-electron chi connectivity index (χ3n) is 7.44. The highest BCUT2D eigenvalue weighted by Gasteiger charge is 2.48. The highest BCUT2D eigenvalue weighted by atomic mass is 16.5. The Balaban J connectivity index is 1.57. The second-order valence-corrected chi connectivity index (χ2v) is 10.0. The molecule has 6 heteroatoms. The number of nitrogens with one attached hydrogen (secondary N) is 1. The molecule has 0 radical (unpaired) electrons. The molecule has 0 aromatic carbocycles. The van der Waals surface area contributed by atoms with E-state index >= 15 is 0 Å². The molecule has 3 rings (SSSR count). The Morgan fingerprint density at radius 1 is 0.926 bits per heavy atom. The molecule has 7 atom stereocenters. The standard InChI is InChI=1S/C21H39NO5/c1-12-4-6-14(7-5-12)22-15-8-13(21(2,3)10-15)9-16-18(24)20(26)19(25)17(11-23)27-16/h12-20,22-26H,4-11H2,1-3H3/t12?,13?,14?,15?,16?,17-,18+,19+,20-/m1/s1. The number of aliphatic hydroxyl groups excluding tert-OH is 4. The summed E-state index contributed by atoms with van der Waals surface area (Å²) in [7, 11) is 0. The Morgan fingerprint density at radius 3 is 2.19 bits per heavy atom. The predicted molar refractivity (Wildman–Crippen MR) is 103 cm³/mol. The van der Waals surface area contributed by atoms with E-state index in [-0.39, 0.29) is 12.0 Å². The molecule has 3 aliphatic rings. The summed E-state index contributed by atoms with van der Waals surface area (Å²) in [6.07, 6.45) is 2.86. The van der Waals surface area contributed by atoms with Crippen LogP contribution in [0, 0.1) is 17.3 Å². The molecule has 3 unspecified atom stereocenters. The van der Waals surface area contributed by atoms with Gasteiger partial charge in [0.2, 0.25) is 0 Å². The summed E-state index contributed by atoms with van der Waals surface area (Å²) in [5.41, 5.74) is 0.123. The highest BCUT2D eigenvalue weighted by Crippen LogP contribution is 2.46. The van der Waals surface area contributed by atoms with E-state index in [1.807, 2.05) is 0 Å². The van der Waals surface area contributed by atoms with Crippen LogP contribution in [0.1, 0.15) is 65.7 Å². The van der Waals surface area contributed by atoms with Crippen LogP contribution in [-0.4, -0.2) is 69.6 Å². The van der Waals surface area contributed by atoms with Gasteiger partial charge in [0.25, 0.3) is 0 Å². The van der Waals surface area contributed by atoms with Gasteiger partial charge in [-0.1, -0.05) is 20.8 Å². The number of rotatable bonds is 5. The average Bonchev–Trinajstić information content (AvgIpc) is 2.90. The van der Waals surface area contributed by atoms with Crippen molar-refractivity contribution in [2.45, 2.75) is 108 Å². The van der Waals surface area contributed by atoms with Crippen molar-refractivity contribution in [3.05, 3.63) is 0 Å². The van der Waals surface area contributed by atoms with Crippen molar-refractivity contribution >= 4 is 0 Å². The van der Waals surface area contributed by atoms with E-state index in [2.05, 4.69) is 26.1 Å². The fraction of sp³-hybridized carbons (Fsp3) is 1.00. The second kappa shape index (κ2) is 8.64. The van der Waals surface area contributed by atoms with Crippen molar-refractivity contribution in [1.82, 2.24) is 5.32 Å². The molecule has 3 fully saturated rings. The highest BCUT2D eigenvalue weighted by molar-refractivity contribution is 4.99. The summed E-state index contributed by atoms with van der Waals surface area (Å²) in [5, 5.41) is 43.7. The zero-order chi connectivity index (χ0) is 19.8. The van der Waals surface area contributed by atoms with E-state index in [9.17, 15) is 20.4 Å². The van der Waals surface area contributed by atoms with Gasteiger partial charge in [-0.2, -0.15) is 0 Å². The van der Waals surface area contributed by atoms with Crippen molar-refractivity contribution in [1.29, 1.82) is 0 Å². The fourth-order valence-electron chi connectivity index (χ4n) is 5.50. The number of hydrogen-bond donors (Lipinski definition) is 5. The Morgan fingerprint density at radius 2 is 1.56 bits per heavy atom. The van der Waals surface area contributed by atoms with Gasteiger partial charge >= 0.3 is 0 Å². The first-order chi connectivity index (χ1) is 12.7. The van der Waals surface area contributed by atoms with Crippen LogP contribution in [0.15, 0.2) is 0 Å². The Hall–Kier alpha value is -0.240. The van der Waals surface area contributed by atoms with Crippen molar-refractivity contribution in [3.8, 4) is 0 Å². The molecule has 0 aromatic heterocycles. The van der Waals surface area contributed by atoms with Crippen LogP contribution in [0.25, 0.3) is 0 Å². The maximum absolute atomic E-state index is 10.4. The smallest absolute Gasteiger partial charge is 0.111 e. The monoisotopic (exact) mass is 385 g/mol. The van der Waals surface area contributed by atoms with Crippen LogP contribution >= 0.6 is 0 Å². The molecule has 2 aliphatic carbocycles. The summed E-state index contributed by atoms with van der Waals surface area (Å²) >= 11 is 0. The van der Waals surface area contributed by atoms with Gasteiger partial charge in [0.05, 0.1) is 12.7 Å². The molecule has 0 bridgehead atoms. The van der Waals surface area contributed by atoms with Crippen molar-refractivity contribution < 1.29 is 25.2 Å². The minimum absolute atomic E-state index is 0.123. The maximum Gasteiger partial charge on any atom is 0.111 e. The molecule has 1 aliphatic heterocycles. The van der Waals surface area contributed by atoms with E-state index in [0.29, 0.717) is 24.4 Å². The van der Waals surface area contributed by atoms with E-state index in [1.165, 1.54) is 25.7 Å². The molecule has 0 amide bonds. The molecule has 158 valence electrons. The molecular weight excluding hydrogens is 346 g/mol. The fourth-order valence-corrected chi connectivity index (χ4v) is 5.50. The third kappa shape index (κ3) is 4.85.